The number of carbonyl (C=O) groups excluding carboxylic acids is 4. The van der Waals surface area contributed by atoms with Crippen LogP contribution in [0.25, 0.3) is 0 Å². The van der Waals surface area contributed by atoms with E-state index in [-0.39, 0.29) is 35.1 Å². The van der Waals surface area contributed by atoms with Crippen LogP contribution >= 0.6 is 0 Å². The molecule has 0 saturated carbocycles. The first-order chi connectivity index (χ1) is 15.3. The normalized spacial score (nSPS) is 21.9. The molecule has 1 aliphatic carbocycles. The van der Waals surface area contributed by atoms with E-state index in [0.29, 0.717) is 17.8 Å². The summed E-state index contributed by atoms with van der Waals surface area (Å²) in [7, 11) is 0. The first kappa shape index (κ1) is 21.4. The number of nitrogens with zero attached hydrogens (tertiary/aromatic N) is 1. The summed E-state index contributed by atoms with van der Waals surface area (Å²) >= 11 is 0. The van der Waals surface area contributed by atoms with E-state index in [2.05, 4.69) is 5.32 Å². The van der Waals surface area contributed by atoms with Crippen molar-refractivity contribution >= 4 is 35.1 Å². The Balaban J connectivity index is 1.36. The van der Waals surface area contributed by atoms with Crippen LogP contribution in [-0.2, 0) is 19.1 Å². The molecule has 1 fully saturated rings. The summed E-state index contributed by atoms with van der Waals surface area (Å²) in [6, 6.07) is 11.1. The monoisotopic (exact) mass is 436 g/mol. The van der Waals surface area contributed by atoms with Crippen LogP contribution in [0.2, 0.25) is 0 Å². The van der Waals surface area contributed by atoms with Crippen LogP contribution < -0.4 is 10.2 Å². The minimum absolute atomic E-state index is 0.00879. The highest BCUT2D eigenvalue weighted by molar-refractivity contribution is 6.22. The molecule has 0 spiro atoms. The molecule has 4 rings (SSSR count). The Bertz CT molecular complexity index is 1090. The fourth-order valence-corrected chi connectivity index (χ4v) is 4.09. The molecule has 1 saturated heterocycles. The number of carbonyl (C=O) groups is 4. The second kappa shape index (κ2) is 8.74. The highest BCUT2D eigenvalue weighted by atomic mass is 19.1. The minimum atomic E-state index is -0.726. The van der Waals surface area contributed by atoms with Gasteiger partial charge in [-0.1, -0.05) is 19.1 Å². The fraction of sp³-hybridized carbons (Fsp3) is 0.250. The van der Waals surface area contributed by atoms with Crippen LogP contribution in [0.4, 0.5) is 15.8 Å². The van der Waals surface area contributed by atoms with E-state index in [1.54, 1.807) is 0 Å². The first-order valence-electron chi connectivity index (χ1n) is 10.2. The van der Waals surface area contributed by atoms with Crippen molar-refractivity contribution in [2.24, 2.45) is 17.8 Å². The molecule has 0 bridgehead atoms. The number of esters is 1. The lowest BCUT2D eigenvalue weighted by molar-refractivity contribution is -0.123. The van der Waals surface area contributed by atoms with Crippen LogP contribution in [0, 0.1) is 23.6 Å². The molecule has 0 radical (unpaired) electrons. The number of amides is 3. The molecule has 2 aromatic carbocycles. The van der Waals surface area contributed by atoms with Gasteiger partial charge in [-0.25, -0.2) is 9.18 Å². The van der Waals surface area contributed by atoms with Gasteiger partial charge in [0.2, 0.25) is 11.8 Å². The maximum absolute atomic E-state index is 12.9. The number of imide groups is 1. The topological polar surface area (TPSA) is 92.8 Å². The average Bonchev–Trinajstić information content (AvgIpc) is 3.05. The Labute approximate surface area is 183 Å². The molecule has 0 unspecified atom stereocenters. The van der Waals surface area contributed by atoms with Gasteiger partial charge in [0.25, 0.3) is 5.91 Å². The molecule has 32 heavy (non-hydrogen) atoms. The maximum Gasteiger partial charge on any atom is 0.338 e. The van der Waals surface area contributed by atoms with Crippen LogP contribution in [0.3, 0.4) is 0 Å². The van der Waals surface area contributed by atoms with Crippen molar-refractivity contribution < 1.29 is 28.3 Å². The van der Waals surface area contributed by atoms with E-state index in [9.17, 15) is 23.6 Å². The third-order valence-corrected chi connectivity index (χ3v) is 5.70. The summed E-state index contributed by atoms with van der Waals surface area (Å²) in [5.41, 5.74) is 0.948. The SMILES string of the molecule is C[C@@H]1C=CC[C@H]2C(=O)N(c3ccc(C(=O)OCC(=O)Nc4ccc(F)cc4)cc3)C(=O)[C@H]12. The lowest BCUT2D eigenvalue weighted by atomic mass is 9.78. The van der Waals surface area contributed by atoms with E-state index < -0.39 is 24.3 Å². The lowest BCUT2D eigenvalue weighted by Gasteiger charge is -2.22. The van der Waals surface area contributed by atoms with Gasteiger partial charge in [0, 0.05) is 5.69 Å². The third kappa shape index (κ3) is 4.16. The largest absolute Gasteiger partial charge is 0.452 e. The molecule has 2 aromatic rings. The molecule has 3 atom stereocenters. The maximum atomic E-state index is 12.9. The Morgan fingerprint density at radius 1 is 1.06 bits per heavy atom. The van der Waals surface area contributed by atoms with E-state index in [1.807, 2.05) is 19.1 Å². The third-order valence-electron chi connectivity index (χ3n) is 5.70. The molecule has 3 amide bonds. The molecule has 8 heteroatoms. The molecule has 0 aromatic heterocycles. The summed E-state index contributed by atoms with van der Waals surface area (Å²) < 4.78 is 17.9. The Morgan fingerprint density at radius 3 is 2.41 bits per heavy atom. The average molecular weight is 436 g/mol. The molecule has 1 aliphatic heterocycles. The van der Waals surface area contributed by atoms with Gasteiger partial charge in [-0.05, 0) is 60.9 Å². The Morgan fingerprint density at radius 2 is 1.75 bits per heavy atom. The molecule has 164 valence electrons. The summed E-state index contributed by atoms with van der Waals surface area (Å²) in [6.45, 7) is 1.41. The van der Waals surface area contributed by atoms with Crippen LogP contribution in [0.5, 0.6) is 0 Å². The zero-order chi connectivity index (χ0) is 22.8. The van der Waals surface area contributed by atoms with Gasteiger partial charge < -0.3 is 10.1 Å². The van der Waals surface area contributed by atoms with E-state index in [0.717, 1.165) is 0 Å². The number of nitrogens with one attached hydrogen (secondary N) is 1. The van der Waals surface area contributed by atoms with Crippen molar-refractivity contribution in [2.45, 2.75) is 13.3 Å². The predicted octanol–water partition coefficient (Wildman–Crippen LogP) is 3.32. The standard InChI is InChI=1S/C24H21FN2O5/c1-14-3-2-4-19-21(14)23(30)27(22(19)29)18-11-5-15(6-12-18)24(31)32-13-20(28)26-17-9-7-16(25)8-10-17/h2-3,5-12,14,19,21H,4,13H2,1H3,(H,26,28)/t14-,19-,21-/m1/s1. The zero-order valence-electron chi connectivity index (χ0n) is 17.3. The predicted molar refractivity (Wildman–Crippen MR) is 114 cm³/mol. The smallest absolute Gasteiger partial charge is 0.338 e. The van der Waals surface area contributed by atoms with E-state index >= 15 is 0 Å². The Kier molecular flexibility index (Phi) is 5.85. The highest BCUT2D eigenvalue weighted by Crippen LogP contribution is 2.40. The van der Waals surface area contributed by atoms with Crippen molar-refractivity contribution in [3.05, 3.63) is 72.1 Å². The van der Waals surface area contributed by atoms with E-state index in [1.165, 1.54) is 53.4 Å². The number of anilines is 2. The molecule has 7 nitrogen and oxygen atoms in total. The number of allylic oxidation sites excluding steroid dienone is 2. The van der Waals surface area contributed by atoms with Crippen LogP contribution in [0.1, 0.15) is 23.7 Å². The molecule has 2 aliphatic rings. The van der Waals surface area contributed by atoms with Gasteiger partial charge in [-0.3, -0.25) is 19.3 Å². The van der Waals surface area contributed by atoms with Crippen LogP contribution in [-0.4, -0.2) is 30.3 Å². The number of fused-ring (bicyclic) bond motifs is 1. The first-order valence-corrected chi connectivity index (χ1v) is 10.2. The van der Waals surface area contributed by atoms with Crippen LogP contribution in [0.15, 0.2) is 60.7 Å². The highest BCUT2D eigenvalue weighted by Gasteiger charge is 2.50. The van der Waals surface area contributed by atoms with Gasteiger partial charge in [0.15, 0.2) is 6.61 Å². The molecular weight excluding hydrogens is 415 g/mol. The fourth-order valence-electron chi connectivity index (χ4n) is 4.09. The van der Waals surface area contributed by atoms with Crippen molar-refractivity contribution in [1.29, 1.82) is 0 Å². The van der Waals surface area contributed by atoms with Crippen molar-refractivity contribution in [3.63, 3.8) is 0 Å². The Hall–Kier alpha value is -3.81. The second-order valence-corrected chi connectivity index (χ2v) is 7.85. The van der Waals surface area contributed by atoms with Crippen molar-refractivity contribution in [3.8, 4) is 0 Å². The number of hydrogen-bond acceptors (Lipinski definition) is 5. The van der Waals surface area contributed by atoms with Gasteiger partial charge in [-0.2, -0.15) is 0 Å². The van der Waals surface area contributed by atoms with Gasteiger partial charge in [-0.15, -0.1) is 0 Å². The van der Waals surface area contributed by atoms with Gasteiger partial charge in [0.05, 0.1) is 23.1 Å². The van der Waals surface area contributed by atoms with Crippen molar-refractivity contribution in [2.75, 3.05) is 16.8 Å². The number of ether oxygens (including phenoxy) is 1. The number of rotatable bonds is 5. The summed E-state index contributed by atoms with van der Waals surface area (Å²) in [6.07, 6.45) is 4.44. The van der Waals surface area contributed by atoms with Crippen molar-refractivity contribution in [1.82, 2.24) is 0 Å². The zero-order valence-corrected chi connectivity index (χ0v) is 17.3. The number of halogens is 1. The van der Waals surface area contributed by atoms with Gasteiger partial charge >= 0.3 is 5.97 Å². The van der Waals surface area contributed by atoms with E-state index in [4.69, 9.17) is 4.74 Å². The number of benzene rings is 2. The summed E-state index contributed by atoms with van der Waals surface area (Å²) in [5.74, 6) is -2.92. The molecular formula is C24H21FN2O5. The van der Waals surface area contributed by atoms with Gasteiger partial charge in [0.1, 0.15) is 5.82 Å². The second-order valence-electron chi connectivity index (χ2n) is 7.85. The summed E-state index contributed by atoms with van der Waals surface area (Å²) in [4.78, 5) is 51.0. The quantitative estimate of drug-likeness (QED) is 0.441. The molecule has 1 N–H and O–H groups in total. The summed E-state index contributed by atoms with van der Waals surface area (Å²) in [5, 5.41) is 2.49. The minimum Gasteiger partial charge on any atom is -0.452 e. The number of hydrogen-bond donors (Lipinski definition) is 1. The lowest BCUT2D eigenvalue weighted by Crippen LogP contribution is -2.31. The molecule has 1 heterocycles.